The molecular weight excluding hydrogens is 240 g/mol. The maximum atomic E-state index is 11.8. The van der Waals surface area contributed by atoms with Crippen molar-refractivity contribution in [2.75, 3.05) is 5.73 Å². The van der Waals surface area contributed by atoms with Crippen molar-refractivity contribution >= 4 is 21.6 Å². The van der Waals surface area contributed by atoms with E-state index in [9.17, 15) is 13.2 Å². The van der Waals surface area contributed by atoms with Crippen molar-refractivity contribution in [2.24, 2.45) is 5.92 Å². The molecule has 17 heavy (non-hydrogen) atoms. The van der Waals surface area contributed by atoms with Crippen LogP contribution in [0.1, 0.15) is 19.3 Å². The van der Waals surface area contributed by atoms with Gasteiger partial charge in [-0.1, -0.05) is 0 Å². The van der Waals surface area contributed by atoms with Crippen molar-refractivity contribution in [1.29, 1.82) is 0 Å². The second-order valence-electron chi connectivity index (χ2n) is 4.25. The number of nitrogens with two attached hydrogens (primary N) is 1. The molecule has 1 fully saturated rings. The molecule has 6 heteroatoms. The molecule has 0 atom stereocenters. The molecule has 0 aromatic heterocycles. The van der Waals surface area contributed by atoms with Crippen LogP contribution < -0.4 is 10.5 Å². The van der Waals surface area contributed by atoms with Crippen LogP contribution in [0, 0.1) is 5.92 Å². The Morgan fingerprint density at radius 3 is 2.41 bits per heavy atom. The fourth-order valence-corrected chi connectivity index (χ4v) is 2.48. The minimum atomic E-state index is -3.75. The van der Waals surface area contributed by atoms with E-state index in [1.165, 1.54) is 24.3 Å². The van der Waals surface area contributed by atoms with E-state index in [1.54, 1.807) is 0 Å². The summed E-state index contributed by atoms with van der Waals surface area (Å²) in [7, 11) is -3.75. The van der Waals surface area contributed by atoms with Gasteiger partial charge in [0.25, 0.3) is 10.0 Å². The fraction of sp³-hybridized carbons (Fsp3) is 0.364. The van der Waals surface area contributed by atoms with Gasteiger partial charge in [-0.2, -0.15) is 0 Å². The van der Waals surface area contributed by atoms with Gasteiger partial charge in [0.15, 0.2) is 0 Å². The van der Waals surface area contributed by atoms with Crippen LogP contribution in [0.25, 0.3) is 0 Å². The molecule has 1 amide bonds. The van der Waals surface area contributed by atoms with Crippen LogP contribution in [0.15, 0.2) is 29.2 Å². The van der Waals surface area contributed by atoms with Crippen molar-refractivity contribution in [2.45, 2.75) is 24.2 Å². The number of anilines is 1. The number of hydrogen-bond donors (Lipinski definition) is 2. The Morgan fingerprint density at radius 1 is 1.29 bits per heavy atom. The molecule has 0 saturated heterocycles. The molecule has 5 nitrogen and oxygen atoms in total. The number of hydrogen-bond acceptors (Lipinski definition) is 4. The summed E-state index contributed by atoms with van der Waals surface area (Å²) in [4.78, 5) is 11.5. The summed E-state index contributed by atoms with van der Waals surface area (Å²) >= 11 is 0. The average Bonchev–Trinajstić information content (AvgIpc) is 3.01. The first-order chi connectivity index (χ1) is 7.97. The van der Waals surface area contributed by atoms with Gasteiger partial charge in [-0.15, -0.1) is 0 Å². The minimum absolute atomic E-state index is 0.0517. The predicted octanol–water partition coefficient (Wildman–Crippen LogP) is 0.874. The number of nitrogens with one attached hydrogen (secondary N) is 1. The molecular formula is C11H14N2O3S. The smallest absolute Gasteiger partial charge is 0.264 e. The summed E-state index contributed by atoms with van der Waals surface area (Å²) in [6.07, 6.45) is 2.30. The van der Waals surface area contributed by atoms with Gasteiger partial charge in [0.1, 0.15) is 0 Å². The van der Waals surface area contributed by atoms with E-state index >= 15 is 0 Å². The van der Waals surface area contributed by atoms with E-state index in [0.717, 1.165) is 12.8 Å². The Hall–Kier alpha value is -1.56. The minimum Gasteiger partial charge on any atom is -0.399 e. The van der Waals surface area contributed by atoms with Crippen LogP contribution in [0.5, 0.6) is 0 Å². The third-order valence-electron chi connectivity index (χ3n) is 2.61. The lowest BCUT2D eigenvalue weighted by Crippen LogP contribution is -2.30. The maximum absolute atomic E-state index is 11.8. The lowest BCUT2D eigenvalue weighted by atomic mass is 10.3. The highest BCUT2D eigenvalue weighted by molar-refractivity contribution is 7.90. The van der Waals surface area contributed by atoms with E-state index in [4.69, 9.17) is 5.73 Å². The fourth-order valence-electron chi connectivity index (χ4n) is 1.48. The zero-order valence-corrected chi connectivity index (χ0v) is 10.0. The van der Waals surface area contributed by atoms with Gasteiger partial charge in [0.05, 0.1) is 4.90 Å². The van der Waals surface area contributed by atoms with Gasteiger partial charge in [0.2, 0.25) is 5.91 Å². The molecule has 92 valence electrons. The molecule has 1 aromatic rings. The predicted molar refractivity (Wildman–Crippen MR) is 63.5 cm³/mol. The van der Waals surface area contributed by atoms with Crippen molar-refractivity contribution in [3.8, 4) is 0 Å². The van der Waals surface area contributed by atoms with Crippen LogP contribution in [-0.4, -0.2) is 14.3 Å². The Bertz CT molecular complexity index is 518. The molecule has 1 aliphatic carbocycles. The standard InChI is InChI=1S/C11H14N2O3S/c12-9-3-5-10(6-4-9)17(15,16)13-11(14)7-8-1-2-8/h3-6,8H,1-2,7,12H2,(H,13,14). The highest BCUT2D eigenvalue weighted by Crippen LogP contribution is 2.32. The third kappa shape index (κ3) is 3.20. The van der Waals surface area contributed by atoms with E-state index < -0.39 is 15.9 Å². The van der Waals surface area contributed by atoms with Crippen molar-refractivity contribution in [3.63, 3.8) is 0 Å². The number of amides is 1. The highest BCUT2D eigenvalue weighted by atomic mass is 32.2. The molecule has 0 heterocycles. The molecule has 0 radical (unpaired) electrons. The summed E-state index contributed by atoms with van der Waals surface area (Å²) in [6.45, 7) is 0. The lowest BCUT2D eigenvalue weighted by molar-refractivity contribution is -0.119. The molecule has 1 aliphatic rings. The van der Waals surface area contributed by atoms with Crippen LogP contribution >= 0.6 is 0 Å². The Balaban J connectivity index is 2.07. The summed E-state index contributed by atoms with van der Waals surface area (Å²) in [5.41, 5.74) is 5.94. The number of carbonyl (C=O) groups is 1. The zero-order chi connectivity index (χ0) is 12.5. The Labute approximate surface area is 100 Å². The first kappa shape index (κ1) is 11.9. The molecule has 0 bridgehead atoms. The van der Waals surface area contributed by atoms with Crippen LogP contribution in [0.2, 0.25) is 0 Å². The summed E-state index contributed by atoms with van der Waals surface area (Å²) in [5.74, 6) is -0.0825. The number of benzene rings is 1. The molecule has 1 aromatic carbocycles. The van der Waals surface area contributed by atoms with E-state index in [0.29, 0.717) is 11.6 Å². The monoisotopic (exact) mass is 254 g/mol. The van der Waals surface area contributed by atoms with E-state index in [2.05, 4.69) is 4.72 Å². The van der Waals surface area contributed by atoms with Crippen molar-refractivity contribution in [3.05, 3.63) is 24.3 Å². The first-order valence-corrected chi connectivity index (χ1v) is 6.87. The van der Waals surface area contributed by atoms with E-state index in [-0.39, 0.29) is 11.3 Å². The van der Waals surface area contributed by atoms with Crippen molar-refractivity contribution in [1.82, 2.24) is 4.72 Å². The number of rotatable bonds is 4. The molecule has 0 aliphatic heterocycles. The van der Waals surface area contributed by atoms with Crippen LogP contribution in [-0.2, 0) is 14.8 Å². The van der Waals surface area contributed by atoms with Gasteiger partial charge >= 0.3 is 0 Å². The molecule has 3 N–H and O–H groups in total. The number of carbonyl (C=O) groups excluding carboxylic acids is 1. The quantitative estimate of drug-likeness (QED) is 0.780. The SMILES string of the molecule is Nc1ccc(S(=O)(=O)NC(=O)CC2CC2)cc1. The van der Waals surface area contributed by atoms with Crippen LogP contribution in [0.3, 0.4) is 0 Å². The van der Waals surface area contributed by atoms with Gasteiger partial charge in [0, 0.05) is 12.1 Å². The summed E-state index contributed by atoms with van der Waals surface area (Å²) in [6, 6.07) is 5.73. The first-order valence-electron chi connectivity index (χ1n) is 5.38. The topological polar surface area (TPSA) is 89.3 Å². The molecule has 0 spiro atoms. The molecule has 2 rings (SSSR count). The van der Waals surface area contributed by atoms with Gasteiger partial charge < -0.3 is 5.73 Å². The highest BCUT2D eigenvalue weighted by Gasteiger charge is 2.26. The third-order valence-corrected chi connectivity index (χ3v) is 4.00. The van der Waals surface area contributed by atoms with Crippen LogP contribution in [0.4, 0.5) is 5.69 Å². The normalized spacial score (nSPS) is 15.5. The second-order valence-corrected chi connectivity index (χ2v) is 5.93. The second kappa shape index (κ2) is 4.37. The summed E-state index contributed by atoms with van der Waals surface area (Å²) in [5, 5.41) is 0. The maximum Gasteiger partial charge on any atom is 0.264 e. The lowest BCUT2D eigenvalue weighted by Gasteiger charge is -2.06. The van der Waals surface area contributed by atoms with Gasteiger partial charge in [-0.3, -0.25) is 4.79 Å². The van der Waals surface area contributed by atoms with Crippen molar-refractivity contribution < 1.29 is 13.2 Å². The Kier molecular flexibility index (Phi) is 3.06. The average molecular weight is 254 g/mol. The van der Waals surface area contributed by atoms with Gasteiger partial charge in [-0.25, -0.2) is 13.1 Å². The zero-order valence-electron chi connectivity index (χ0n) is 9.22. The summed E-state index contributed by atoms with van der Waals surface area (Å²) < 4.78 is 25.6. The molecule has 1 saturated carbocycles. The Morgan fingerprint density at radius 2 is 1.88 bits per heavy atom. The largest absolute Gasteiger partial charge is 0.399 e. The van der Waals surface area contributed by atoms with E-state index in [1.807, 2.05) is 0 Å². The molecule has 0 unspecified atom stereocenters. The van der Waals surface area contributed by atoms with Gasteiger partial charge in [-0.05, 0) is 43.0 Å². The number of nitrogen functional groups attached to an aromatic ring is 1. The number of sulfonamides is 1.